The molecule has 0 spiro atoms. The second-order valence-electron chi connectivity index (χ2n) is 4.16. The van der Waals surface area contributed by atoms with Gasteiger partial charge < -0.3 is 5.32 Å². The Hall–Kier alpha value is -1.13. The molecule has 2 aromatic carbocycles. The Bertz CT molecular complexity index is 604. The number of anilines is 1. The molecule has 0 aliphatic rings. The van der Waals surface area contributed by atoms with Gasteiger partial charge in [0.1, 0.15) is 11.6 Å². The van der Waals surface area contributed by atoms with E-state index in [-0.39, 0.29) is 16.9 Å². The van der Waals surface area contributed by atoms with Crippen LogP contribution in [0.3, 0.4) is 0 Å². The Kier molecular flexibility index (Phi) is 4.42. The first-order valence-electron chi connectivity index (χ1n) is 5.64. The van der Waals surface area contributed by atoms with Crippen LogP contribution in [0.5, 0.6) is 0 Å². The maximum atomic E-state index is 13.2. The Balaban J connectivity index is 2.22. The zero-order chi connectivity index (χ0) is 14.0. The zero-order valence-electron chi connectivity index (χ0n) is 10.1. The third-order valence-electron chi connectivity index (χ3n) is 2.74. The third kappa shape index (κ3) is 3.45. The van der Waals surface area contributed by atoms with E-state index in [0.29, 0.717) is 5.69 Å². The van der Waals surface area contributed by atoms with E-state index in [9.17, 15) is 8.78 Å². The second-order valence-corrected chi connectivity index (χ2v) is 5.43. The van der Waals surface area contributed by atoms with Crippen LogP contribution in [-0.2, 0) is 0 Å². The lowest BCUT2D eigenvalue weighted by Crippen LogP contribution is -2.07. The van der Waals surface area contributed by atoms with Gasteiger partial charge in [-0.1, -0.05) is 17.7 Å². The monoisotopic (exact) mass is 345 g/mol. The lowest BCUT2D eigenvalue weighted by molar-refractivity contribution is 0.626. The lowest BCUT2D eigenvalue weighted by Gasteiger charge is -2.17. The van der Waals surface area contributed by atoms with Crippen LogP contribution in [0.15, 0.2) is 40.9 Å². The van der Waals surface area contributed by atoms with Crippen molar-refractivity contribution >= 4 is 33.2 Å². The van der Waals surface area contributed by atoms with Crippen molar-refractivity contribution in [2.24, 2.45) is 0 Å². The largest absolute Gasteiger partial charge is 0.378 e. The summed E-state index contributed by atoms with van der Waals surface area (Å²) in [5, 5.41) is 3.22. The molecule has 0 saturated heterocycles. The second kappa shape index (κ2) is 5.88. The summed E-state index contributed by atoms with van der Waals surface area (Å²) >= 11 is 9.09. The number of hydrogen-bond donors (Lipinski definition) is 1. The van der Waals surface area contributed by atoms with E-state index in [2.05, 4.69) is 21.2 Å². The average Bonchev–Trinajstić information content (AvgIpc) is 2.37. The van der Waals surface area contributed by atoms with Crippen molar-refractivity contribution in [2.45, 2.75) is 13.0 Å². The highest BCUT2D eigenvalue weighted by molar-refractivity contribution is 9.10. The third-order valence-corrected chi connectivity index (χ3v) is 3.73. The summed E-state index contributed by atoms with van der Waals surface area (Å²) in [6.07, 6.45) is 0. The molecule has 0 saturated carbocycles. The van der Waals surface area contributed by atoms with E-state index in [4.69, 9.17) is 11.6 Å². The Morgan fingerprint density at radius 1 is 1.16 bits per heavy atom. The summed E-state index contributed by atoms with van der Waals surface area (Å²) in [4.78, 5) is 0. The fourth-order valence-corrected chi connectivity index (χ4v) is 2.26. The predicted octanol–water partition coefficient (Wildman–Crippen LogP) is 5.55. The molecular weight excluding hydrogens is 336 g/mol. The molecule has 0 aliphatic heterocycles. The van der Waals surface area contributed by atoms with Crippen LogP contribution in [0.1, 0.15) is 18.5 Å². The van der Waals surface area contributed by atoms with Crippen molar-refractivity contribution in [3.05, 3.63) is 63.1 Å². The molecule has 1 unspecified atom stereocenters. The maximum Gasteiger partial charge on any atom is 0.141 e. The molecule has 1 atom stereocenters. The predicted molar refractivity (Wildman–Crippen MR) is 77.5 cm³/mol. The number of benzene rings is 2. The van der Waals surface area contributed by atoms with E-state index >= 15 is 0 Å². The van der Waals surface area contributed by atoms with Crippen molar-refractivity contribution in [3.8, 4) is 0 Å². The van der Waals surface area contributed by atoms with Crippen LogP contribution < -0.4 is 5.32 Å². The lowest BCUT2D eigenvalue weighted by atomic mass is 10.1. The summed E-state index contributed by atoms with van der Waals surface area (Å²) in [7, 11) is 0. The quantitative estimate of drug-likeness (QED) is 0.768. The van der Waals surface area contributed by atoms with Gasteiger partial charge in [0.05, 0.1) is 10.7 Å². The van der Waals surface area contributed by atoms with Crippen LogP contribution in [0.2, 0.25) is 5.02 Å². The van der Waals surface area contributed by atoms with Gasteiger partial charge in [0, 0.05) is 10.5 Å². The number of nitrogens with one attached hydrogen (secondary N) is 1. The van der Waals surface area contributed by atoms with Gasteiger partial charge in [-0.2, -0.15) is 0 Å². The van der Waals surface area contributed by atoms with Gasteiger partial charge >= 0.3 is 0 Å². The molecule has 1 N–H and O–H groups in total. The van der Waals surface area contributed by atoms with E-state index in [1.807, 2.05) is 6.92 Å². The van der Waals surface area contributed by atoms with E-state index < -0.39 is 5.82 Å². The van der Waals surface area contributed by atoms with Crippen molar-refractivity contribution < 1.29 is 8.78 Å². The summed E-state index contributed by atoms with van der Waals surface area (Å²) in [5.74, 6) is -0.778. The SMILES string of the molecule is CC(Nc1cc(F)ccc1Br)c1ccc(F)c(Cl)c1. The maximum absolute atomic E-state index is 13.2. The highest BCUT2D eigenvalue weighted by atomic mass is 79.9. The molecule has 5 heteroatoms. The van der Waals surface area contributed by atoms with Crippen LogP contribution in [0.25, 0.3) is 0 Å². The van der Waals surface area contributed by atoms with Gasteiger partial charge in [-0.05, 0) is 58.7 Å². The van der Waals surface area contributed by atoms with Crippen LogP contribution in [0.4, 0.5) is 14.5 Å². The molecule has 0 aliphatic carbocycles. The molecule has 2 aromatic rings. The van der Waals surface area contributed by atoms with Crippen molar-refractivity contribution in [3.63, 3.8) is 0 Å². The molecular formula is C14H11BrClF2N. The molecule has 100 valence electrons. The van der Waals surface area contributed by atoms with Gasteiger partial charge in [-0.25, -0.2) is 8.78 Å². The van der Waals surface area contributed by atoms with E-state index in [1.165, 1.54) is 18.2 Å². The van der Waals surface area contributed by atoms with Gasteiger partial charge in [0.2, 0.25) is 0 Å². The van der Waals surface area contributed by atoms with Gasteiger partial charge in [0.15, 0.2) is 0 Å². The number of rotatable bonds is 3. The minimum absolute atomic E-state index is 0.0736. The first-order chi connectivity index (χ1) is 8.97. The molecule has 0 aromatic heterocycles. The van der Waals surface area contributed by atoms with Gasteiger partial charge in [-0.3, -0.25) is 0 Å². The Morgan fingerprint density at radius 3 is 2.58 bits per heavy atom. The topological polar surface area (TPSA) is 12.0 Å². The van der Waals surface area contributed by atoms with Crippen molar-refractivity contribution in [1.29, 1.82) is 0 Å². The molecule has 1 nitrogen and oxygen atoms in total. The first kappa shape index (κ1) is 14.3. The smallest absolute Gasteiger partial charge is 0.141 e. The summed E-state index contributed by atoms with van der Waals surface area (Å²) in [6, 6.07) is 8.78. The zero-order valence-corrected chi connectivity index (χ0v) is 12.4. The summed E-state index contributed by atoms with van der Waals surface area (Å²) < 4.78 is 27.0. The highest BCUT2D eigenvalue weighted by Crippen LogP contribution is 2.28. The average molecular weight is 347 g/mol. The molecule has 0 fully saturated rings. The Labute approximate surface area is 123 Å². The molecule has 2 rings (SSSR count). The molecule has 0 heterocycles. The fourth-order valence-electron chi connectivity index (χ4n) is 1.71. The molecule has 0 radical (unpaired) electrons. The fraction of sp³-hybridized carbons (Fsp3) is 0.143. The van der Waals surface area contributed by atoms with Crippen LogP contribution in [0, 0.1) is 11.6 Å². The first-order valence-corrected chi connectivity index (χ1v) is 6.81. The number of hydrogen-bond acceptors (Lipinski definition) is 1. The normalized spacial score (nSPS) is 12.3. The number of halogens is 4. The molecule has 19 heavy (non-hydrogen) atoms. The highest BCUT2D eigenvalue weighted by Gasteiger charge is 2.10. The van der Waals surface area contributed by atoms with Gasteiger partial charge in [-0.15, -0.1) is 0 Å². The van der Waals surface area contributed by atoms with Gasteiger partial charge in [0.25, 0.3) is 0 Å². The van der Waals surface area contributed by atoms with Crippen LogP contribution in [-0.4, -0.2) is 0 Å². The molecule has 0 bridgehead atoms. The van der Waals surface area contributed by atoms with Crippen molar-refractivity contribution in [2.75, 3.05) is 5.32 Å². The minimum Gasteiger partial charge on any atom is -0.378 e. The van der Waals surface area contributed by atoms with E-state index in [1.54, 1.807) is 18.2 Å². The Morgan fingerprint density at radius 2 is 1.89 bits per heavy atom. The molecule has 0 amide bonds. The summed E-state index contributed by atoms with van der Waals surface area (Å²) in [6.45, 7) is 1.89. The standard InChI is InChI=1S/C14H11BrClF2N/c1-8(9-2-5-13(18)12(16)6-9)19-14-7-10(17)3-4-11(14)15/h2-8,19H,1H3. The van der Waals surface area contributed by atoms with Crippen molar-refractivity contribution in [1.82, 2.24) is 0 Å². The summed E-state index contributed by atoms with van der Waals surface area (Å²) in [5.41, 5.74) is 1.45. The van der Waals surface area contributed by atoms with E-state index in [0.717, 1.165) is 10.0 Å². The minimum atomic E-state index is -0.454. The van der Waals surface area contributed by atoms with Crippen LogP contribution >= 0.6 is 27.5 Å².